The van der Waals surface area contributed by atoms with Crippen molar-refractivity contribution >= 4 is 0 Å². The number of nitrogens with zero attached hydrogens (tertiary/aromatic N) is 4. The minimum absolute atomic E-state index is 0.0113. The van der Waals surface area contributed by atoms with Crippen LogP contribution in [0.5, 0.6) is 0 Å². The van der Waals surface area contributed by atoms with Gasteiger partial charge in [0.2, 0.25) is 5.82 Å². The third kappa shape index (κ3) is 3.34. The van der Waals surface area contributed by atoms with E-state index in [9.17, 15) is 0 Å². The first-order valence-electron chi connectivity index (χ1n) is 8.44. The summed E-state index contributed by atoms with van der Waals surface area (Å²) in [6.45, 7) is 6.41. The molecule has 7 nitrogen and oxygen atoms in total. The normalized spacial score (nSPS) is 20.5. The SMILES string of the molecule is c1ccc(-c2noc(C(N3CCOCC3)N3CCOCC3)n2)cc1. The molecular formula is C17H22N4O3. The molecule has 0 saturated carbocycles. The first kappa shape index (κ1) is 15.7. The monoisotopic (exact) mass is 330 g/mol. The van der Waals surface area contributed by atoms with Crippen molar-refractivity contribution in [2.24, 2.45) is 0 Å². The molecule has 2 aromatic rings. The Morgan fingerprint density at radius 1 is 0.833 bits per heavy atom. The topological polar surface area (TPSA) is 63.9 Å². The fourth-order valence-electron chi connectivity index (χ4n) is 3.23. The summed E-state index contributed by atoms with van der Waals surface area (Å²) in [5.41, 5.74) is 0.968. The highest BCUT2D eigenvalue weighted by Crippen LogP contribution is 2.27. The number of hydrogen-bond donors (Lipinski definition) is 0. The maximum Gasteiger partial charge on any atom is 0.259 e. The van der Waals surface area contributed by atoms with Crippen molar-refractivity contribution in [3.05, 3.63) is 36.2 Å². The zero-order valence-electron chi connectivity index (χ0n) is 13.6. The van der Waals surface area contributed by atoms with Crippen LogP contribution in [0.1, 0.15) is 12.1 Å². The van der Waals surface area contributed by atoms with Gasteiger partial charge >= 0.3 is 0 Å². The van der Waals surface area contributed by atoms with Gasteiger partial charge < -0.3 is 14.0 Å². The smallest absolute Gasteiger partial charge is 0.259 e. The molecule has 0 amide bonds. The number of rotatable bonds is 4. The zero-order valence-corrected chi connectivity index (χ0v) is 13.6. The molecule has 0 radical (unpaired) electrons. The van der Waals surface area contributed by atoms with E-state index in [0.29, 0.717) is 11.7 Å². The van der Waals surface area contributed by atoms with Gasteiger partial charge in [-0.05, 0) is 0 Å². The molecule has 24 heavy (non-hydrogen) atoms. The van der Waals surface area contributed by atoms with E-state index in [1.807, 2.05) is 30.3 Å². The second kappa shape index (κ2) is 7.40. The van der Waals surface area contributed by atoms with Crippen molar-refractivity contribution < 1.29 is 14.0 Å². The molecule has 2 aliphatic rings. The lowest BCUT2D eigenvalue weighted by Crippen LogP contribution is -2.50. The lowest BCUT2D eigenvalue weighted by Gasteiger charge is -2.40. The van der Waals surface area contributed by atoms with Gasteiger partial charge in [0.1, 0.15) is 6.17 Å². The maximum atomic E-state index is 5.66. The second-order valence-corrected chi connectivity index (χ2v) is 5.99. The predicted molar refractivity (Wildman–Crippen MR) is 87.3 cm³/mol. The van der Waals surface area contributed by atoms with Gasteiger partial charge in [-0.1, -0.05) is 35.5 Å². The van der Waals surface area contributed by atoms with Crippen LogP contribution in [0.4, 0.5) is 0 Å². The Hall–Kier alpha value is -1.80. The van der Waals surface area contributed by atoms with Crippen LogP contribution in [0.15, 0.2) is 34.9 Å². The molecule has 2 aliphatic heterocycles. The van der Waals surface area contributed by atoms with E-state index >= 15 is 0 Å². The summed E-state index contributed by atoms with van der Waals surface area (Å²) in [5.74, 6) is 1.29. The van der Waals surface area contributed by atoms with Gasteiger partial charge in [0.25, 0.3) is 5.89 Å². The molecule has 3 heterocycles. The third-order valence-electron chi connectivity index (χ3n) is 4.48. The molecule has 0 spiro atoms. The molecule has 128 valence electrons. The van der Waals surface area contributed by atoms with Gasteiger partial charge in [-0.25, -0.2) is 0 Å². The van der Waals surface area contributed by atoms with Crippen molar-refractivity contribution in [1.29, 1.82) is 0 Å². The van der Waals surface area contributed by atoms with Crippen LogP contribution in [0.25, 0.3) is 11.4 Å². The maximum absolute atomic E-state index is 5.66. The molecule has 0 aliphatic carbocycles. The van der Waals surface area contributed by atoms with Crippen LogP contribution in [-0.2, 0) is 9.47 Å². The van der Waals surface area contributed by atoms with E-state index in [1.165, 1.54) is 0 Å². The molecule has 2 saturated heterocycles. The fourth-order valence-corrected chi connectivity index (χ4v) is 3.23. The number of benzene rings is 1. The number of ether oxygens (including phenoxy) is 2. The van der Waals surface area contributed by atoms with Gasteiger partial charge in [-0.2, -0.15) is 4.98 Å². The van der Waals surface area contributed by atoms with Gasteiger partial charge in [0.15, 0.2) is 0 Å². The number of morpholine rings is 2. The Bertz CT molecular complexity index is 618. The minimum Gasteiger partial charge on any atom is -0.379 e. The van der Waals surface area contributed by atoms with Crippen molar-refractivity contribution in [3.63, 3.8) is 0 Å². The van der Waals surface area contributed by atoms with E-state index in [-0.39, 0.29) is 6.17 Å². The van der Waals surface area contributed by atoms with Crippen molar-refractivity contribution in [3.8, 4) is 11.4 Å². The van der Waals surface area contributed by atoms with Gasteiger partial charge in [-0.15, -0.1) is 0 Å². The Labute approximate surface area is 141 Å². The van der Waals surface area contributed by atoms with E-state index in [2.05, 4.69) is 19.9 Å². The molecule has 0 unspecified atom stereocenters. The third-order valence-corrected chi connectivity index (χ3v) is 4.48. The van der Waals surface area contributed by atoms with Crippen LogP contribution in [0.3, 0.4) is 0 Å². The molecule has 1 aromatic carbocycles. The summed E-state index contributed by atoms with van der Waals surface area (Å²) in [7, 11) is 0. The van der Waals surface area contributed by atoms with Gasteiger partial charge in [0.05, 0.1) is 26.4 Å². The predicted octanol–water partition coefficient (Wildman–Crippen LogP) is 1.40. The lowest BCUT2D eigenvalue weighted by molar-refractivity contribution is -0.0774. The van der Waals surface area contributed by atoms with E-state index < -0.39 is 0 Å². The molecule has 0 N–H and O–H groups in total. The molecule has 7 heteroatoms. The van der Waals surface area contributed by atoms with Crippen LogP contribution in [0, 0.1) is 0 Å². The highest BCUT2D eigenvalue weighted by molar-refractivity contribution is 5.53. The van der Waals surface area contributed by atoms with Crippen molar-refractivity contribution in [1.82, 2.24) is 19.9 Å². The Morgan fingerprint density at radius 2 is 1.42 bits per heavy atom. The first-order valence-corrected chi connectivity index (χ1v) is 8.44. The van der Waals surface area contributed by atoms with Crippen LogP contribution in [0.2, 0.25) is 0 Å². The summed E-state index contributed by atoms with van der Waals surface area (Å²) in [6.07, 6.45) is -0.0113. The molecular weight excluding hydrogens is 308 g/mol. The number of aromatic nitrogens is 2. The molecule has 1 aromatic heterocycles. The quantitative estimate of drug-likeness (QED) is 0.839. The lowest BCUT2D eigenvalue weighted by atomic mass is 10.2. The van der Waals surface area contributed by atoms with E-state index in [4.69, 9.17) is 14.0 Å². The van der Waals surface area contributed by atoms with Crippen LogP contribution < -0.4 is 0 Å². The van der Waals surface area contributed by atoms with Gasteiger partial charge in [-0.3, -0.25) is 9.80 Å². The largest absolute Gasteiger partial charge is 0.379 e. The highest BCUT2D eigenvalue weighted by Gasteiger charge is 2.33. The zero-order chi connectivity index (χ0) is 16.2. The summed E-state index contributed by atoms with van der Waals surface area (Å²) < 4.78 is 16.7. The summed E-state index contributed by atoms with van der Waals surface area (Å²) >= 11 is 0. The molecule has 2 fully saturated rings. The second-order valence-electron chi connectivity index (χ2n) is 5.99. The Morgan fingerprint density at radius 3 is 2.00 bits per heavy atom. The average molecular weight is 330 g/mol. The van der Waals surface area contributed by atoms with E-state index in [1.54, 1.807) is 0 Å². The minimum atomic E-state index is -0.0113. The number of hydrogen-bond acceptors (Lipinski definition) is 7. The summed E-state index contributed by atoms with van der Waals surface area (Å²) in [4.78, 5) is 9.40. The van der Waals surface area contributed by atoms with E-state index in [0.717, 1.165) is 58.2 Å². The Kier molecular flexibility index (Phi) is 4.84. The van der Waals surface area contributed by atoms with Crippen LogP contribution in [-0.4, -0.2) is 72.5 Å². The molecule has 0 atom stereocenters. The first-order chi connectivity index (χ1) is 11.9. The summed E-state index contributed by atoms with van der Waals surface area (Å²) in [6, 6.07) is 9.93. The average Bonchev–Trinajstić information content (AvgIpc) is 3.14. The van der Waals surface area contributed by atoms with Crippen LogP contribution >= 0.6 is 0 Å². The van der Waals surface area contributed by atoms with Crippen molar-refractivity contribution in [2.45, 2.75) is 6.17 Å². The molecule has 0 bridgehead atoms. The highest BCUT2D eigenvalue weighted by atomic mass is 16.5. The van der Waals surface area contributed by atoms with Gasteiger partial charge in [0, 0.05) is 31.7 Å². The molecule has 4 rings (SSSR count). The fraction of sp³-hybridized carbons (Fsp3) is 0.529. The van der Waals surface area contributed by atoms with Crippen molar-refractivity contribution in [2.75, 3.05) is 52.6 Å². The summed E-state index contributed by atoms with van der Waals surface area (Å²) in [5, 5.41) is 4.20. The Balaban J connectivity index is 1.61. The standard InChI is InChI=1S/C17H22N4O3/c1-2-4-14(5-3-1)15-18-16(24-19-15)17(20-6-10-22-11-7-20)21-8-12-23-13-9-21/h1-5,17H,6-13H2.